The maximum absolute atomic E-state index is 12.9. The first kappa shape index (κ1) is 24.8. The molecule has 0 bridgehead atoms. The Balaban J connectivity index is 0.00000306. The fraction of sp³-hybridized carbons (Fsp3) is 0.364. The summed E-state index contributed by atoms with van der Waals surface area (Å²) >= 11 is 0. The third kappa shape index (κ3) is 5.95. The molecule has 0 saturated heterocycles. The molecule has 0 fully saturated rings. The molecule has 1 aliphatic heterocycles. The van der Waals surface area contributed by atoms with Gasteiger partial charge in [-0.3, -0.25) is 0 Å². The lowest BCUT2D eigenvalue weighted by Crippen LogP contribution is -2.38. The van der Waals surface area contributed by atoms with Gasteiger partial charge in [-0.25, -0.2) is 9.98 Å². The highest BCUT2D eigenvalue weighted by molar-refractivity contribution is 14.0. The number of fused-ring (bicyclic) bond motifs is 2. The number of aromatic nitrogens is 2. The standard InChI is InChI=1S/C22H25F2N5O3.HI/c1-3-25-22(26-8-9-29-14(2)28-16-6-4-5-7-17(16)29)27-12-15-10-19-20(31-13-30-19)11-18(15)32-21(23)24;/h4-7,10-11,21H,3,8-9,12-13H2,1-2H3,(H2,25,26,27);1H. The van der Waals surface area contributed by atoms with Gasteiger partial charge in [0.05, 0.1) is 17.6 Å². The van der Waals surface area contributed by atoms with Gasteiger partial charge in [0, 0.05) is 31.3 Å². The zero-order chi connectivity index (χ0) is 22.5. The number of alkyl halides is 2. The van der Waals surface area contributed by atoms with Crippen molar-refractivity contribution >= 4 is 41.0 Å². The predicted molar refractivity (Wildman–Crippen MR) is 132 cm³/mol. The summed E-state index contributed by atoms with van der Waals surface area (Å²) in [7, 11) is 0. The van der Waals surface area contributed by atoms with Gasteiger partial charge in [-0.1, -0.05) is 12.1 Å². The Morgan fingerprint density at radius 1 is 1.21 bits per heavy atom. The third-order valence-electron chi connectivity index (χ3n) is 5.00. The summed E-state index contributed by atoms with van der Waals surface area (Å²) in [6.07, 6.45) is 0. The summed E-state index contributed by atoms with van der Waals surface area (Å²) in [5, 5.41) is 6.45. The molecule has 0 aliphatic carbocycles. The van der Waals surface area contributed by atoms with Crippen LogP contribution in [0.15, 0.2) is 41.4 Å². The van der Waals surface area contributed by atoms with Gasteiger partial charge in [-0.2, -0.15) is 8.78 Å². The lowest BCUT2D eigenvalue weighted by Gasteiger charge is -2.14. The second kappa shape index (κ2) is 11.3. The molecule has 3 aromatic rings. The van der Waals surface area contributed by atoms with Crippen molar-refractivity contribution in [3.8, 4) is 17.2 Å². The molecule has 11 heteroatoms. The number of ether oxygens (including phenoxy) is 3. The van der Waals surface area contributed by atoms with Crippen LogP contribution in [0.1, 0.15) is 18.3 Å². The molecule has 8 nitrogen and oxygen atoms in total. The number of hydrogen-bond donors (Lipinski definition) is 2. The first-order valence-electron chi connectivity index (χ1n) is 10.4. The van der Waals surface area contributed by atoms with E-state index in [4.69, 9.17) is 9.47 Å². The molecule has 0 amide bonds. The van der Waals surface area contributed by atoms with Crippen LogP contribution in [0.25, 0.3) is 11.0 Å². The first-order chi connectivity index (χ1) is 15.5. The largest absolute Gasteiger partial charge is 0.454 e. The topological polar surface area (TPSA) is 81.9 Å². The van der Waals surface area contributed by atoms with E-state index in [1.165, 1.54) is 6.07 Å². The number of hydrogen-bond acceptors (Lipinski definition) is 5. The molecular formula is C22H26F2IN5O3. The lowest BCUT2D eigenvalue weighted by molar-refractivity contribution is -0.0505. The van der Waals surface area contributed by atoms with E-state index < -0.39 is 6.61 Å². The number of guanidine groups is 1. The SMILES string of the molecule is CCNC(=NCc1cc2c(cc1OC(F)F)OCO2)NCCn1c(C)nc2ccccc21.I. The molecule has 2 heterocycles. The average molecular weight is 573 g/mol. The Morgan fingerprint density at radius 2 is 1.97 bits per heavy atom. The normalized spacial score (nSPS) is 12.7. The molecule has 2 aromatic carbocycles. The third-order valence-corrected chi connectivity index (χ3v) is 5.00. The van der Waals surface area contributed by atoms with Gasteiger partial charge in [0.15, 0.2) is 17.5 Å². The molecule has 0 unspecified atom stereocenters. The molecule has 178 valence electrons. The van der Waals surface area contributed by atoms with Gasteiger partial charge < -0.3 is 29.4 Å². The van der Waals surface area contributed by atoms with Crippen LogP contribution in [0.3, 0.4) is 0 Å². The molecule has 0 atom stereocenters. The summed E-state index contributed by atoms with van der Waals surface area (Å²) in [5.41, 5.74) is 2.51. The van der Waals surface area contributed by atoms with Crippen LogP contribution in [0.2, 0.25) is 0 Å². The molecule has 1 aliphatic rings. The Morgan fingerprint density at radius 3 is 2.73 bits per heavy atom. The highest BCUT2D eigenvalue weighted by Gasteiger charge is 2.20. The van der Waals surface area contributed by atoms with Crippen molar-refractivity contribution in [3.63, 3.8) is 0 Å². The smallest absolute Gasteiger partial charge is 0.387 e. The fourth-order valence-corrected chi connectivity index (χ4v) is 3.56. The number of halogens is 3. The van der Waals surface area contributed by atoms with Crippen molar-refractivity contribution in [3.05, 3.63) is 47.8 Å². The van der Waals surface area contributed by atoms with E-state index in [2.05, 4.69) is 29.9 Å². The first-order valence-corrected chi connectivity index (χ1v) is 10.4. The van der Waals surface area contributed by atoms with Crippen LogP contribution >= 0.6 is 24.0 Å². The van der Waals surface area contributed by atoms with Crippen molar-refractivity contribution in [2.45, 2.75) is 33.5 Å². The van der Waals surface area contributed by atoms with E-state index >= 15 is 0 Å². The zero-order valence-corrected chi connectivity index (χ0v) is 20.6. The van der Waals surface area contributed by atoms with Gasteiger partial charge >= 0.3 is 6.61 Å². The van der Waals surface area contributed by atoms with Crippen molar-refractivity contribution in [1.82, 2.24) is 20.2 Å². The van der Waals surface area contributed by atoms with Crippen molar-refractivity contribution in [2.24, 2.45) is 4.99 Å². The molecule has 0 spiro atoms. The molecule has 33 heavy (non-hydrogen) atoms. The summed E-state index contributed by atoms with van der Waals surface area (Å²) in [6.45, 7) is 3.11. The Labute approximate surface area is 207 Å². The Hall–Kier alpha value is -2.83. The summed E-state index contributed by atoms with van der Waals surface area (Å²) in [5.74, 6) is 2.38. The second-order valence-corrected chi connectivity index (χ2v) is 7.11. The number of aliphatic imine (C=N–C) groups is 1. The zero-order valence-electron chi connectivity index (χ0n) is 18.3. The van der Waals surface area contributed by atoms with Gasteiger partial charge in [-0.15, -0.1) is 24.0 Å². The fourth-order valence-electron chi connectivity index (χ4n) is 3.56. The maximum atomic E-state index is 12.9. The minimum absolute atomic E-state index is 0. The highest BCUT2D eigenvalue weighted by atomic mass is 127. The monoisotopic (exact) mass is 573 g/mol. The predicted octanol–water partition coefficient (Wildman–Crippen LogP) is 4.05. The van der Waals surface area contributed by atoms with Crippen LogP contribution in [0.5, 0.6) is 17.2 Å². The van der Waals surface area contributed by atoms with Crippen LogP contribution in [0, 0.1) is 6.92 Å². The number of imidazole rings is 1. The van der Waals surface area contributed by atoms with Crippen LogP contribution in [-0.2, 0) is 13.1 Å². The number of benzene rings is 2. The number of nitrogens with zero attached hydrogens (tertiary/aromatic N) is 3. The Bertz CT molecular complexity index is 1120. The van der Waals surface area contributed by atoms with Gasteiger partial charge in [0.25, 0.3) is 0 Å². The minimum Gasteiger partial charge on any atom is -0.454 e. The van der Waals surface area contributed by atoms with Gasteiger partial charge in [-0.05, 0) is 32.0 Å². The molecule has 4 rings (SSSR count). The van der Waals surface area contributed by atoms with Crippen molar-refractivity contribution in [1.29, 1.82) is 0 Å². The van der Waals surface area contributed by atoms with Gasteiger partial charge in [0.1, 0.15) is 11.6 Å². The summed E-state index contributed by atoms with van der Waals surface area (Å²) < 4.78 is 43.1. The number of nitrogens with one attached hydrogen (secondary N) is 2. The number of para-hydroxylation sites is 2. The molecule has 2 N–H and O–H groups in total. The summed E-state index contributed by atoms with van der Waals surface area (Å²) in [4.78, 5) is 9.11. The van der Waals surface area contributed by atoms with Crippen molar-refractivity contribution in [2.75, 3.05) is 19.9 Å². The maximum Gasteiger partial charge on any atom is 0.387 e. The highest BCUT2D eigenvalue weighted by Crippen LogP contribution is 2.39. The second-order valence-electron chi connectivity index (χ2n) is 7.11. The van der Waals surface area contributed by atoms with E-state index in [9.17, 15) is 8.78 Å². The quantitative estimate of drug-likeness (QED) is 0.241. The molecular weight excluding hydrogens is 547 g/mol. The van der Waals surface area contributed by atoms with E-state index in [1.807, 2.05) is 38.1 Å². The van der Waals surface area contributed by atoms with Crippen molar-refractivity contribution < 1.29 is 23.0 Å². The Kier molecular flexibility index (Phi) is 8.53. The average Bonchev–Trinajstić information content (AvgIpc) is 3.34. The van der Waals surface area contributed by atoms with Crippen LogP contribution in [-0.4, -0.2) is 42.0 Å². The van der Waals surface area contributed by atoms with Gasteiger partial charge in [0.2, 0.25) is 6.79 Å². The van der Waals surface area contributed by atoms with E-state index in [1.54, 1.807) is 6.07 Å². The van der Waals surface area contributed by atoms with E-state index in [0.29, 0.717) is 42.7 Å². The molecule has 0 saturated carbocycles. The van der Waals surface area contributed by atoms with E-state index in [0.717, 1.165) is 16.9 Å². The van der Waals surface area contributed by atoms with E-state index in [-0.39, 0.29) is 43.1 Å². The number of aryl methyl sites for hydroxylation is 1. The minimum atomic E-state index is -2.95. The molecule has 1 aromatic heterocycles. The molecule has 0 radical (unpaired) electrons. The lowest BCUT2D eigenvalue weighted by atomic mass is 10.1. The van der Waals surface area contributed by atoms with Crippen LogP contribution in [0.4, 0.5) is 8.78 Å². The number of rotatable bonds is 8. The van der Waals surface area contributed by atoms with Crippen LogP contribution < -0.4 is 24.8 Å². The summed E-state index contributed by atoms with van der Waals surface area (Å²) in [6, 6.07) is 11.0.